The lowest BCUT2D eigenvalue weighted by Crippen LogP contribution is -2.07. The van der Waals surface area contributed by atoms with Crippen LogP contribution in [0.3, 0.4) is 0 Å². The van der Waals surface area contributed by atoms with E-state index in [0.717, 1.165) is 6.29 Å². The highest BCUT2D eigenvalue weighted by atomic mass is 16.7. The van der Waals surface area contributed by atoms with Gasteiger partial charge >= 0.3 is 0 Å². The van der Waals surface area contributed by atoms with Crippen molar-refractivity contribution in [3.05, 3.63) is 0 Å². The molecule has 0 unspecified atom stereocenters. The van der Waals surface area contributed by atoms with Gasteiger partial charge in [0, 0.05) is 13.5 Å². The molecule has 0 N–H and O–H groups in total. The van der Waals surface area contributed by atoms with Crippen LogP contribution in [0.4, 0.5) is 0 Å². The van der Waals surface area contributed by atoms with Crippen molar-refractivity contribution in [2.24, 2.45) is 5.92 Å². The molecule has 60 valence electrons. The summed E-state index contributed by atoms with van der Waals surface area (Å²) in [5.41, 5.74) is 0. The minimum atomic E-state index is 0.299. The molecule has 10 heavy (non-hydrogen) atoms. The second-order valence-corrected chi connectivity index (χ2v) is 2.28. The Morgan fingerprint density at radius 2 is 2.30 bits per heavy atom. The zero-order valence-corrected chi connectivity index (χ0v) is 6.50. The molecule has 0 spiro atoms. The summed E-state index contributed by atoms with van der Waals surface area (Å²) in [6.07, 6.45) is 1.46. The van der Waals surface area contributed by atoms with E-state index in [4.69, 9.17) is 4.74 Å². The van der Waals surface area contributed by atoms with Crippen LogP contribution in [0.2, 0.25) is 0 Å². The van der Waals surface area contributed by atoms with Gasteiger partial charge in [-0.1, -0.05) is 6.92 Å². The number of hydrogen-bond acceptors (Lipinski definition) is 3. The monoisotopic (exact) mass is 146 g/mol. The van der Waals surface area contributed by atoms with Crippen LogP contribution in [0.5, 0.6) is 0 Å². The van der Waals surface area contributed by atoms with Crippen molar-refractivity contribution in [1.82, 2.24) is 0 Å². The summed E-state index contributed by atoms with van der Waals surface area (Å²) in [6, 6.07) is 0. The fraction of sp³-hybridized carbons (Fsp3) is 0.857. The van der Waals surface area contributed by atoms with E-state index in [0.29, 0.717) is 25.7 Å². The lowest BCUT2D eigenvalue weighted by molar-refractivity contribution is -0.109. The smallest absolute Gasteiger partial charge is 0.146 e. The van der Waals surface area contributed by atoms with Crippen LogP contribution in [-0.4, -0.2) is 26.8 Å². The first-order valence-electron chi connectivity index (χ1n) is 3.31. The van der Waals surface area contributed by atoms with Crippen molar-refractivity contribution in [1.29, 1.82) is 0 Å². The number of methoxy groups -OCH3 is 1. The molecule has 0 heterocycles. The topological polar surface area (TPSA) is 35.5 Å². The van der Waals surface area contributed by atoms with Gasteiger partial charge in [-0.3, -0.25) is 0 Å². The molecular formula is C7H14O3. The van der Waals surface area contributed by atoms with Crippen LogP contribution in [0, 0.1) is 5.92 Å². The predicted molar refractivity (Wildman–Crippen MR) is 37.7 cm³/mol. The van der Waals surface area contributed by atoms with Crippen LogP contribution >= 0.6 is 0 Å². The zero-order valence-electron chi connectivity index (χ0n) is 6.50. The first-order valence-corrected chi connectivity index (χ1v) is 3.31. The van der Waals surface area contributed by atoms with Gasteiger partial charge in [-0.25, -0.2) is 0 Å². The van der Waals surface area contributed by atoms with Crippen LogP contribution in [-0.2, 0) is 14.3 Å². The van der Waals surface area contributed by atoms with Gasteiger partial charge in [0.1, 0.15) is 13.1 Å². The number of rotatable bonds is 6. The van der Waals surface area contributed by atoms with E-state index in [-0.39, 0.29) is 0 Å². The maximum Gasteiger partial charge on any atom is 0.146 e. The van der Waals surface area contributed by atoms with Gasteiger partial charge < -0.3 is 14.3 Å². The van der Waals surface area contributed by atoms with Gasteiger partial charge in [0.05, 0.1) is 6.61 Å². The highest BCUT2D eigenvalue weighted by molar-refractivity contribution is 5.49. The minimum absolute atomic E-state index is 0.299. The largest absolute Gasteiger partial charge is 0.359 e. The standard InChI is InChI=1S/C7H14O3/c1-7(3-4-8)5-10-6-9-2/h4,7H,3,5-6H2,1-2H3/t7-/m0/s1. The van der Waals surface area contributed by atoms with E-state index in [9.17, 15) is 4.79 Å². The second-order valence-electron chi connectivity index (χ2n) is 2.28. The van der Waals surface area contributed by atoms with Crippen LogP contribution in [0.1, 0.15) is 13.3 Å². The van der Waals surface area contributed by atoms with E-state index in [2.05, 4.69) is 4.74 Å². The van der Waals surface area contributed by atoms with Crippen LogP contribution in [0.15, 0.2) is 0 Å². The molecule has 0 aliphatic rings. The lowest BCUT2D eigenvalue weighted by atomic mass is 10.1. The van der Waals surface area contributed by atoms with E-state index >= 15 is 0 Å². The van der Waals surface area contributed by atoms with Crippen molar-refractivity contribution in [3.63, 3.8) is 0 Å². The van der Waals surface area contributed by atoms with E-state index in [1.165, 1.54) is 0 Å². The minimum Gasteiger partial charge on any atom is -0.359 e. The summed E-state index contributed by atoms with van der Waals surface area (Å²) < 4.78 is 9.68. The predicted octanol–water partition coefficient (Wildman–Crippen LogP) is 0.832. The first-order chi connectivity index (χ1) is 4.81. The van der Waals surface area contributed by atoms with Crippen molar-refractivity contribution in [2.45, 2.75) is 13.3 Å². The normalized spacial score (nSPS) is 13.0. The molecule has 0 amide bonds. The molecule has 3 heteroatoms. The maximum absolute atomic E-state index is 9.96. The van der Waals surface area contributed by atoms with Crippen LogP contribution < -0.4 is 0 Å². The number of carbonyl (C=O) groups excluding carboxylic acids is 1. The molecule has 0 aromatic heterocycles. The zero-order chi connectivity index (χ0) is 7.82. The average molecular weight is 146 g/mol. The van der Waals surface area contributed by atoms with Gasteiger partial charge in [-0.2, -0.15) is 0 Å². The Kier molecular flexibility index (Phi) is 6.43. The molecule has 0 rings (SSSR count). The van der Waals surface area contributed by atoms with Crippen molar-refractivity contribution in [3.8, 4) is 0 Å². The summed E-state index contributed by atoms with van der Waals surface area (Å²) in [5.74, 6) is 0.299. The quantitative estimate of drug-likeness (QED) is 0.316. The first kappa shape index (κ1) is 9.59. The van der Waals surface area contributed by atoms with E-state index in [1.807, 2.05) is 6.92 Å². The summed E-state index contributed by atoms with van der Waals surface area (Å²) in [6.45, 7) is 2.86. The summed E-state index contributed by atoms with van der Waals surface area (Å²) in [5, 5.41) is 0. The highest BCUT2D eigenvalue weighted by Gasteiger charge is 1.99. The summed E-state index contributed by atoms with van der Waals surface area (Å²) in [4.78, 5) is 9.96. The SMILES string of the molecule is COCOC[C@@H](C)CC=O. The molecule has 1 atom stereocenters. The lowest BCUT2D eigenvalue weighted by Gasteiger charge is -2.06. The Morgan fingerprint density at radius 1 is 1.60 bits per heavy atom. The molecule has 0 aromatic rings. The Hall–Kier alpha value is -0.410. The van der Waals surface area contributed by atoms with Gasteiger partial charge in [-0.15, -0.1) is 0 Å². The average Bonchev–Trinajstić information content (AvgIpc) is 1.89. The van der Waals surface area contributed by atoms with Crippen molar-refractivity contribution >= 4 is 6.29 Å². The Balaban J connectivity index is 3.04. The third-order valence-corrected chi connectivity index (χ3v) is 1.10. The third kappa shape index (κ3) is 5.72. The molecule has 0 saturated heterocycles. The summed E-state index contributed by atoms with van der Waals surface area (Å²) in [7, 11) is 1.57. The molecule has 0 radical (unpaired) electrons. The number of aldehydes is 1. The number of hydrogen-bond donors (Lipinski definition) is 0. The van der Waals surface area contributed by atoms with Crippen molar-refractivity contribution < 1.29 is 14.3 Å². The van der Waals surface area contributed by atoms with E-state index in [1.54, 1.807) is 7.11 Å². The Morgan fingerprint density at radius 3 is 2.80 bits per heavy atom. The molecular weight excluding hydrogens is 132 g/mol. The number of ether oxygens (including phenoxy) is 2. The Bertz CT molecular complexity index is 82.9. The molecule has 0 saturated carbocycles. The van der Waals surface area contributed by atoms with Gasteiger partial charge in [0.2, 0.25) is 0 Å². The third-order valence-electron chi connectivity index (χ3n) is 1.10. The molecule has 0 aliphatic carbocycles. The number of carbonyl (C=O) groups is 1. The van der Waals surface area contributed by atoms with Gasteiger partial charge in [0.25, 0.3) is 0 Å². The molecule has 0 fully saturated rings. The molecule has 3 nitrogen and oxygen atoms in total. The van der Waals surface area contributed by atoms with Crippen LogP contribution in [0.25, 0.3) is 0 Å². The Labute approximate surface area is 61.3 Å². The maximum atomic E-state index is 9.96. The van der Waals surface area contributed by atoms with E-state index < -0.39 is 0 Å². The fourth-order valence-corrected chi connectivity index (χ4v) is 0.565. The molecule has 0 aliphatic heterocycles. The van der Waals surface area contributed by atoms with Crippen molar-refractivity contribution in [2.75, 3.05) is 20.5 Å². The highest BCUT2D eigenvalue weighted by Crippen LogP contribution is 1.98. The fourth-order valence-electron chi connectivity index (χ4n) is 0.565. The van der Waals surface area contributed by atoms with Gasteiger partial charge in [-0.05, 0) is 5.92 Å². The molecule has 0 aromatic carbocycles. The molecule has 0 bridgehead atoms. The van der Waals surface area contributed by atoms with Gasteiger partial charge in [0.15, 0.2) is 0 Å². The second kappa shape index (κ2) is 6.71. The summed E-state index contributed by atoms with van der Waals surface area (Å²) >= 11 is 0.